The van der Waals surface area contributed by atoms with E-state index in [1.165, 1.54) is 60.5 Å². The van der Waals surface area contributed by atoms with Crippen molar-refractivity contribution >= 4 is 28.0 Å². The van der Waals surface area contributed by atoms with Crippen LogP contribution in [0.3, 0.4) is 0 Å². The Bertz CT molecular complexity index is 2080. The van der Waals surface area contributed by atoms with Crippen LogP contribution in [0.2, 0.25) is 0 Å². The fraction of sp³-hybridized carbons (Fsp3) is 0.314. The average molecular weight is 705 g/mol. The molecule has 5 aromatic carbocycles. The molecule has 0 fully saturated rings. The average Bonchev–Trinajstić information content (AvgIpc) is 3.20. The molecule has 2 nitrogen and oxygen atoms in total. The molecule has 1 heterocycles. The lowest BCUT2D eigenvalue weighted by molar-refractivity contribution is 0.751. The van der Waals surface area contributed by atoms with E-state index < -0.39 is 0 Å². The zero-order chi connectivity index (χ0) is 38.6. The van der Waals surface area contributed by atoms with Crippen LogP contribution in [0, 0.1) is 19.8 Å². The lowest BCUT2D eigenvalue weighted by Crippen LogP contribution is -2.30. The Morgan fingerprint density at radius 1 is 0.849 bits per heavy atom. The Morgan fingerprint density at radius 2 is 1.58 bits per heavy atom. The van der Waals surface area contributed by atoms with Gasteiger partial charge in [0.25, 0.3) is 0 Å². The maximum absolute atomic E-state index is 4.63. The number of nitrogens with one attached hydrogen (secondary N) is 1. The zero-order valence-corrected chi connectivity index (χ0v) is 34.1. The van der Waals surface area contributed by atoms with Crippen molar-refractivity contribution in [3.05, 3.63) is 166 Å². The van der Waals surface area contributed by atoms with E-state index in [2.05, 4.69) is 179 Å². The Kier molecular flexibility index (Phi) is 18.5. The molecule has 1 N–H and O–H groups in total. The van der Waals surface area contributed by atoms with Crippen molar-refractivity contribution in [2.24, 2.45) is 10.9 Å². The summed E-state index contributed by atoms with van der Waals surface area (Å²) >= 11 is 0. The predicted octanol–water partition coefficient (Wildman–Crippen LogP) is 12.5. The predicted molar refractivity (Wildman–Crippen MR) is 237 cm³/mol. The van der Waals surface area contributed by atoms with Crippen LogP contribution in [-0.4, -0.2) is 20.1 Å². The summed E-state index contributed by atoms with van der Waals surface area (Å²) in [6, 6.07) is 36.9. The maximum atomic E-state index is 4.63. The number of allylic oxidation sites excluding steroid dienone is 5. The van der Waals surface area contributed by atoms with E-state index in [1.54, 1.807) is 0 Å². The molecule has 1 aliphatic rings. The van der Waals surface area contributed by atoms with Gasteiger partial charge in [-0.25, -0.2) is 0 Å². The van der Waals surface area contributed by atoms with Crippen molar-refractivity contribution in [2.45, 2.75) is 81.1 Å². The minimum atomic E-state index is 0.612. The van der Waals surface area contributed by atoms with E-state index in [-0.39, 0.29) is 0 Å². The number of likely N-dealkylation sites (N-methyl/N-ethyl adjacent to an activating group) is 1. The lowest BCUT2D eigenvalue weighted by Gasteiger charge is -2.13. The highest BCUT2D eigenvalue weighted by molar-refractivity contribution is 5.83. The summed E-state index contributed by atoms with van der Waals surface area (Å²) in [5.41, 5.74) is 11.7. The van der Waals surface area contributed by atoms with E-state index in [1.807, 2.05) is 27.8 Å². The molecule has 0 saturated carbocycles. The molecule has 0 spiro atoms. The molecule has 2 heteroatoms. The quantitative estimate of drug-likeness (QED) is 0.144. The molecule has 1 atom stereocenters. The Balaban J connectivity index is 0.000000212. The summed E-state index contributed by atoms with van der Waals surface area (Å²) in [6.45, 7) is 23.0. The minimum Gasteiger partial charge on any atom is -0.319 e. The number of rotatable bonds is 10. The molecule has 0 amide bonds. The normalized spacial score (nSPS) is 12.4. The second kappa shape index (κ2) is 23.0. The van der Waals surface area contributed by atoms with Gasteiger partial charge in [-0.05, 0) is 152 Å². The number of benzene rings is 5. The number of hydrogen-bond acceptors (Lipinski definition) is 2. The van der Waals surface area contributed by atoms with Crippen LogP contribution >= 0.6 is 0 Å². The van der Waals surface area contributed by atoms with Crippen molar-refractivity contribution in [1.29, 1.82) is 0 Å². The first-order valence-corrected chi connectivity index (χ1v) is 19.7. The highest BCUT2D eigenvalue weighted by atomic mass is 14.8. The van der Waals surface area contributed by atoms with Crippen LogP contribution in [-0.2, 0) is 6.42 Å². The standard InChI is InChI=1S/C19H19N.C17H24.C13H15N.C2H6/c1-13(2)15-6-4-7-16(11-15)18-10-14(3)19-17(12-18)8-5-9-20-19;1-5-7-10-14(3)13-16(6-2)17-12-9-8-11-15(17)4;1-14-9-8-11-6-7-12-4-2-3-5-13(12)10-11;1-2/h4,6-8,10-12H,1,5,9H2,2-3H3;6-12,14H,5,13H2,1-4H3;2-7,10,14H,8-9H2,1H3;1-2H3/b;10-7+,16-6-;;. The van der Waals surface area contributed by atoms with Crippen molar-refractivity contribution in [3.63, 3.8) is 0 Å². The first kappa shape index (κ1) is 42.6. The summed E-state index contributed by atoms with van der Waals surface area (Å²) in [4.78, 5) is 4.63. The number of hydrogen-bond donors (Lipinski definition) is 1. The van der Waals surface area contributed by atoms with E-state index in [4.69, 9.17) is 0 Å². The van der Waals surface area contributed by atoms with Crippen molar-refractivity contribution in [1.82, 2.24) is 5.32 Å². The van der Waals surface area contributed by atoms with Crippen LogP contribution in [0.15, 0.2) is 133 Å². The van der Waals surface area contributed by atoms with Crippen LogP contribution in [0.25, 0.3) is 39.1 Å². The largest absolute Gasteiger partial charge is 0.319 e. The first-order valence-electron chi connectivity index (χ1n) is 19.7. The second-order valence-electron chi connectivity index (χ2n) is 13.6. The molecule has 0 radical (unpaired) electrons. The van der Waals surface area contributed by atoms with Crippen molar-refractivity contribution in [2.75, 3.05) is 20.1 Å². The molecule has 6 rings (SSSR count). The Morgan fingerprint density at radius 3 is 2.28 bits per heavy atom. The lowest BCUT2D eigenvalue weighted by atomic mass is 9.92. The van der Waals surface area contributed by atoms with E-state index in [0.717, 1.165) is 49.7 Å². The van der Waals surface area contributed by atoms with Gasteiger partial charge in [-0.2, -0.15) is 0 Å². The molecule has 0 saturated heterocycles. The third kappa shape index (κ3) is 13.3. The van der Waals surface area contributed by atoms with E-state index >= 15 is 0 Å². The van der Waals surface area contributed by atoms with E-state index in [9.17, 15) is 0 Å². The highest BCUT2D eigenvalue weighted by Crippen LogP contribution is 2.26. The highest BCUT2D eigenvalue weighted by Gasteiger charge is 2.07. The van der Waals surface area contributed by atoms with Gasteiger partial charge in [-0.15, -0.1) is 0 Å². The summed E-state index contributed by atoms with van der Waals surface area (Å²) in [5.74, 6) is 0.612. The molecule has 0 bridgehead atoms. The number of fused-ring (bicyclic) bond motifs is 2. The SMILES string of the molecule is C/C=C(/CC(C)/C=C/CC)c1ccccc1C.C=C(C)c1cccc(-c2cc(C)c3c(c2)=CCCN=3)c1.CC.CNCCc1ccc2ccccc2c1. The molecule has 0 aliphatic carbocycles. The van der Waals surface area contributed by atoms with Gasteiger partial charge in [-0.1, -0.05) is 149 Å². The van der Waals surface area contributed by atoms with Crippen LogP contribution < -0.4 is 15.9 Å². The maximum Gasteiger partial charge on any atom is 0.0673 e. The van der Waals surface area contributed by atoms with Crippen molar-refractivity contribution in [3.8, 4) is 11.1 Å². The third-order valence-corrected chi connectivity index (χ3v) is 9.34. The molecule has 5 aromatic rings. The van der Waals surface area contributed by atoms with Crippen molar-refractivity contribution < 1.29 is 0 Å². The van der Waals surface area contributed by atoms with Gasteiger partial charge in [0.15, 0.2) is 0 Å². The molecule has 1 aliphatic heterocycles. The molecular formula is C51H64N2. The van der Waals surface area contributed by atoms with Gasteiger partial charge in [0.05, 0.1) is 5.36 Å². The fourth-order valence-corrected chi connectivity index (χ4v) is 6.47. The van der Waals surface area contributed by atoms with Gasteiger partial charge in [-0.3, -0.25) is 4.99 Å². The smallest absolute Gasteiger partial charge is 0.0673 e. The third-order valence-electron chi connectivity index (χ3n) is 9.34. The summed E-state index contributed by atoms with van der Waals surface area (Å²) in [6.07, 6.45) is 13.5. The summed E-state index contributed by atoms with van der Waals surface area (Å²) < 4.78 is 0. The molecule has 53 heavy (non-hydrogen) atoms. The Labute approximate surface area is 321 Å². The molecule has 278 valence electrons. The van der Waals surface area contributed by atoms with Crippen LogP contribution in [0.1, 0.15) is 88.6 Å². The minimum absolute atomic E-state index is 0.612. The number of nitrogens with zero attached hydrogens (tertiary/aromatic N) is 1. The second-order valence-corrected chi connectivity index (χ2v) is 13.6. The monoisotopic (exact) mass is 705 g/mol. The molecule has 0 aromatic heterocycles. The fourth-order valence-electron chi connectivity index (χ4n) is 6.47. The molecule has 1 unspecified atom stereocenters. The number of aryl methyl sites for hydroxylation is 2. The van der Waals surface area contributed by atoms with Crippen LogP contribution in [0.5, 0.6) is 0 Å². The van der Waals surface area contributed by atoms with E-state index in [0.29, 0.717) is 5.92 Å². The van der Waals surface area contributed by atoms with Gasteiger partial charge in [0.1, 0.15) is 0 Å². The summed E-state index contributed by atoms with van der Waals surface area (Å²) in [7, 11) is 1.99. The van der Waals surface area contributed by atoms with Gasteiger partial charge in [0, 0.05) is 6.54 Å². The first-order chi connectivity index (χ1) is 25.7. The summed E-state index contributed by atoms with van der Waals surface area (Å²) in [5, 5.41) is 8.25. The van der Waals surface area contributed by atoms with Gasteiger partial charge in [0.2, 0.25) is 0 Å². The van der Waals surface area contributed by atoms with Gasteiger partial charge >= 0.3 is 0 Å². The van der Waals surface area contributed by atoms with Crippen LogP contribution in [0.4, 0.5) is 0 Å². The molecular weight excluding hydrogens is 641 g/mol. The zero-order valence-electron chi connectivity index (χ0n) is 34.1. The van der Waals surface area contributed by atoms with Gasteiger partial charge < -0.3 is 5.32 Å². The Hall–Kier alpha value is -4.79. The topological polar surface area (TPSA) is 24.4 Å².